The summed E-state index contributed by atoms with van der Waals surface area (Å²) in [7, 11) is 1.63. The van der Waals surface area contributed by atoms with E-state index in [1.54, 1.807) is 12.0 Å². The third-order valence-corrected chi connectivity index (χ3v) is 4.23. The number of ether oxygens (including phenoxy) is 1. The molecule has 5 heteroatoms. The molecule has 0 aliphatic heterocycles. The number of carbonyl (C=O) groups is 2. The third-order valence-electron chi connectivity index (χ3n) is 4.23. The van der Waals surface area contributed by atoms with Gasteiger partial charge in [0.2, 0.25) is 11.8 Å². The molecule has 0 bridgehead atoms. The van der Waals surface area contributed by atoms with E-state index in [0.717, 1.165) is 16.9 Å². The van der Waals surface area contributed by atoms with E-state index in [1.165, 1.54) is 6.92 Å². The van der Waals surface area contributed by atoms with Crippen LogP contribution in [-0.2, 0) is 16.1 Å². The van der Waals surface area contributed by atoms with E-state index in [2.05, 4.69) is 5.32 Å². The summed E-state index contributed by atoms with van der Waals surface area (Å²) in [5.41, 5.74) is 1.97. The van der Waals surface area contributed by atoms with Crippen molar-refractivity contribution in [2.75, 3.05) is 13.7 Å². The van der Waals surface area contributed by atoms with Gasteiger partial charge in [-0.15, -0.1) is 0 Å². The first kappa shape index (κ1) is 19.5. The highest BCUT2D eigenvalue weighted by molar-refractivity contribution is 5.79. The number of carbonyl (C=O) groups excluding carboxylic acids is 2. The van der Waals surface area contributed by atoms with E-state index < -0.39 is 0 Å². The zero-order chi connectivity index (χ0) is 18.9. The van der Waals surface area contributed by atoms with Gasteiger partial charge in [-0.05, 0) is 30.2 Å². The van der Waals surface area contributed by atoms with Gasteiger partial charge in [0.1, 0.15) is 5.75 Å². The van der Waals surface area contributed by atoms with Crippen LogP contribution in [0.3, 0.4) is 0 Å². The maximum atomic E-state index is 12.8. The van der Waals surface area contributed by atoms with Gasteiger partial charge in [-0.25, -0.2) is 0 Å². The zero-order valence-corrected chi connectivity index (χ0v) is 15.6. The fraction of sp³-hybridized carbons (Fsp3) is 0.333. The molecule has 0 radical (unpaired) electrons. The van der Waals surface area contributed by atoms with Crippen LogP contribution in [0, 0.1) is 0 Å². The zero-order valence-electron chi connectivity index (χ0n) is 15.6. The highest BCUT2D eigenvalue weighted by Crippen LogP contribution is 2.19. The van der Waals surface area contributed by atoms with Crippen molar-refractivity contribution >= 4 is 11.8 Å². The molecule has 0 aromatic heterocycles. The molecule has 1 N–H and O–H groups in total. The molecule has 1 unspecified atom stereocenters. The predicted octanol–water partition coefficient (Wildman–Crippen LogP) is 3.31. The molecular weight excluding hydrogens is 328 g/mol. The van der Waals surface area contributed by atoms with E-state index in [-0.39, 0.29) is 24.3 Å². The molecule has 2 rings (SSSR count). The van der Waals surface area contributed by atoms with Gasteiger partial charge in [-0.1, -0.05) is 42.5 Å². The predicted molar refractivity (Wildman–Crippen MR) is 102 cm³/mol. The first-order valence-corrected chi connectivity index (χ1v) is 8.76. The molecule has 5 nitrogen and oxygen atoms in total. The van der Waals surface area contributed by atoms with Gasteiger partial charge in [0.25, 0.3) is 0 Å². The third kappa shape index (κ3) is 5.62. The van der Waals surface area contributed by atoms with Crippen LogP contribution in [0.5, 0.6) is 5.75 Å². The van der Waals surface area contributed by atoms with Crippen LogP contribution in [0.25, 0.3) is 0 Å². The summed E-state index contributed by atoms with van der Waals surface area (Å²) in [5, 5.41) is 2.88. The number of amides is 2. The molecule has 1 atom stereocenters. The van der Waals surface area contributed by atoms with Crippen LogP contribution in [0.1, 0.15) is 37.4 Å². The second-order valence-corrected chi connectivity index (χ2v) is 6.12. The van der Waals surface area contributed by atoms with Crippen molar-refractivity contribution < 1.29 is 14.3 Å². The van der Waals surface area contributed by atoms with E-state index in [1.807, 2.05) is 61.5 Å². The summed E-state index contributed by atoms with van der Waals surface area (Å²) >= 11 is 0. The number of hydrogen-bond acceptors (Lipinski definition) is 3. The molecular formula is C21H26N2O3. The van der Waals surface area contributed by atoms with Crippen LogP contribution in [-0.4, -0.2) is 30.4 Å². The number of hydrogen-bond donors (Lipinski definition) is 1. The topological polar surface area (TPSA) is 58.6 Å². The molecule has 0 spiro atoms. The summed E-state index contributed by atoms with van der Waals surface area (Å²) < 4.78 is 5.17. The number of benzene rings is 2. The Kier molecular flexibility index (Phi) is 7.21. The highest BCUT2D eigenvalue weighted by atomic mass is 16.5. The maximum Gasteiger partial charge on any atom is 0.225 e. The molecule has 26 heavy (non-hydrogen) atoms. The molecule has 2 aromatic rings. The van der Waals surface area contributed by atoms with Crippen molar-refractivity contribution in [3.8, 4) is 5.75 Å². The standard InChI is InChI=1S/C21H26N2O3/c1-4-23(15-17-10-12-19(26-3)13-11-17)21(25)14-20(22-16(2)24)18-8-6-5-7-9-18/h5-13,20H,4,14-15H2,1-3H3,(H,22,24). The summed E-state index contributed by atoms with van der Waals surface area (Å²) in [6, 6.07) is 16.9. The lowest BCUT2D eigenvalue weighted by Crippen LogP contribution is -2.35. The first-order valence-electron chi connectivity index (χ1n) is 8.76. The van der Waals surface area contributed by atoms with E-state index >= 15 is 0 Å². The van der Waals surface area contributed by atoms with Crippen molar-refractivity contribution in [3.05, 3.63) is 65.7 Å². The number of nitrogens with one attached hydrogen (secondary N) is 1. The summed E-state index contributed by atoms with van der Waals surface area (Å²) in [6.07, 6.45) is 0.230. The second-order valence-electron chi connectivity index (χ2n) is 6.12. The Morgan fingerprint density at radius 2 is 1.73 bits per heavy atom. The number of rotatable bonds is 8. The number of methoxy groups -OCH3 is 1. The fourth-order valence-electron chi connectivity index (χ4n) is 2.81. The molecule has 0 heterocycles. The van der Waals surface area contributed by atoms with Gasteiger partial charge in [0, 0.05) is 20.0 Å². The molecule has 2 amide bonds. The Morgan fingerprint density at radius 3 is 2.27 bits per heavy atom. The van der Waals surface area contributed by atoms with Gasteiger partial charge < -0.3 is 15.0 Å². The molecule has 0 fully saturated rings. The Balaban J connectivity index is 2.08. The van der Waals surface area contributed by atoms with E-state index in [0.29, 0.717) is 13.1 Å². The Bertz CT molecular complexity index is 714. The summed E-state index contributed by atoms with van der Waals surface area (Å²) in [4.78, 5) is 26.2. The minimum atomic E-state index is -0.328. The van der Waals surface area contributed by atoms with Crippen LogP contribution >= 0.6 is 0 Å². The van der Waals surface area contributed by atoms with E-state index in [9.17, 15) is 9.59 Å². The molecule has 0 aliphatic carbocycles. The van der Waals surface area contributed by atoms with Crippen molar-refractivity contribution in [2.45, 2.75) is 32.9 Å². The lowest BCUT2D eigenvalue weighted by atomic mass is 10.0. The van der Waals surface area contributed by atoms with Crippen molar-refractivity contribution in [1.82, 2.24) is 10.2 Å². The fourth-order valence-corrected chi connectivity index (χ4v) is 2.81. The Hall–Kier alpha value is -2.82. The molecule has 0 saturated heterocycles. The molecule has 138 valence electrons. The second kappa shape index (κ2) is 9.61. The smallest absolute Gasteiger partial charge is 0.225 e. The molecule has 0 saturated carbocycles. The average molecular weight is 354 g/mol. The first-order chi connectivity index (χ1) is 12.5. The largest absolute Gasteiger partial charge is 0.497 e. The Morgan fingerprint density at radius 1 is 1.08 bits per heavy atom. The van der Waals surface area contributed by atoms with Crippen molar-refractivity contribution in [3.63, 3.8) is 0 Å². The highest BCUT2D eigenvalue weighted by Gasteiger charge is 2.20. The van der Waals surface area contributed by atoms with Gasteiger partial charge in [0.15, 0.2) is 0 Å². The lowest BCUT2D eigenvalue weighted by Gasteiger charge is -2.25. The van der Waals surface area contributed by atoms with Gasteiger partial charge >= 0.3 is 0 Å². The molecule has 2 aromatic carbocycles. The van der Waals surface area contributed by atoms with Gasteiger partial charge in [-0.3, -0.25) is 9.59 Å². The quantitative estimate of drug-likeness (QED) is 0.791. The van der Waals surface area contributed by atoms with Crippen LogP contribution in [0.2, 0.25) is 0 Å². The number of nitrogens with zero attached hydrogens (tertiary/aromatic N) is 1. The van der Waals surface area contributed by atoms with Crippen molar-refractivity contribution in [1.29, 1.82) is 0 Å². The van der Waals surface area contributed by atoms with Crippen LogP contribution in [0.4, 0.5) is 0 Å². The van der Waals surface area contributed by atoms with E-state index in [4.69, 9.17) is 4.74 Å². The van der Waals surface area contributed by atoms with Gasteiger partial charge in [-0.2, -0.15) is 0 Å². The minimum Gasteiger partial charge on any atom is -0.497 e. The van der Waals surface area contributed by atoms with Crippen LogP contribution < -0.4 is 10.1 Å². The SMILES string of the molecule is CCN(Cc1ccc(OC)cc1)C(=O)CC(NC(C)=O)c1ccccc1. The maximum absolute atomic E-state index is 12.8. The molecule has 0 aliphatic rings. The Labute approximate surface area is 155 Å². The van der Waals surface area contributed by atoms with Crippen molar-refractivity contribution in [2.24, 2.45) is 0 Å². The normalized spacial score (nSPS) is 11.5. The monoisotopic (exact) mass is 354 g/mol. The lowest BCUT2D eigenvalue weighted by molar-refractivity contribution is -0.132. The minimum absolute atomic E-state index is 0.00548. The summed E-state index contributed by atoms with van der Waals surface area (Å²) in [5.74, 6) is 0.647. The summed E-state index contributed by atoms with van der Waals surface area (Å²) in [6.45, 7) is 4.56. The van der Waals surface area contributed by atoms with Crippen LogP contribution in [0.15, 0.2) is 54.6 Å². The average Bonchev–Trinajstić information content (AvgIpc) is 2.66. The van der Waals surface area contributed by atoms with Gasteiger partial charge in [0.05, 0.1) is 19.6 Å².